The van der Waals surface area contributed by atoms with Crippen molar-refractivity contribution in [1.82, 2.24) is 0 Å². The van der Waals surface area contributed by atoms with Crippen molar-refractivity contribution in [3.8, 4) is 0 Å². The summed E-state index contributed by atoms with van der Waals surface area (Å²) in [7, 11) is 0. The fraction of sp³-hybridized carbons (Fsp3) is 0.493. The van der Waals surface area contributed by atoms with Crippen LogP contribution in [0.3, 0.4) is 0 Å². The molecule has 398 valence electrons. The minimum atomic E-state index is -0.818. The van der Waals surface area contributed by atoms with Gasteiger partial charge < -0.3 is 14.6 Å². The van der Waals surface area contributed by atoms with E-state index in [1.807, 2.05) is 0 Å². The molecule has 5 heteroatoms. The van der Waals surface area contributed by atoms with Gasteiger partial charge in [0, 0.05) is 12.8 Å². The van der Waals surface area contributed by atoms with Crippen molar-refractivity contribution in [2.75, 3.05) is 13.2 Å². The highest BCUT2D eigenvalue weighted by molar-refractivity contribution is 5.70. The summed E-state index contributed by atoms with van der Waals surface area (Å²) in [6, 6.07) is 0. The molecule has 0 aliphatic rings. The molecule has 0 rings (SSSR count). The van der Waals surface area contributed by atoms with E-state index in [1.54, 1.807) is 0 Å². The first-order chi connectivity index (χ1) is 35.6. The van der Waals surface area contributed by atoms with Gasteiger partial charge in [-0.2, -0.15) is 0 Å². The molecule has 0 aromatic carbocycles. The van der Waals surface area contributed by atoms with Gasteiger partial charge in [0.25, 0.3) is 0 Å². The highest BCUT2D eigenvalue weighted by atomic mass is 16.6. The van der Waals surface area contributed by atoms with Gasteiger partial charge in [0.15, 0.2) is 6.10 Å². The number of aliphatic hydroxyl groups excluding tert-OH is 1. The topological polar surface area (TPSA) is 72.8 Å². The van der Waals surface area contributed by atoms with E-state index in [9.17, 15) is 14.7 Å². The number of carbonyl (C=O) groups is 2. The van der Waals surface area contributed by atoms with Gasteiger partial charge in [0.2, 0.25) is 0 Å². The van der Waals surface area contributed by atoms with Crippen LogP contribution in [0.1, 0.15) is 194 Å². The Bertz CT molecular complexity index is 1730. The molecule has 1 unspecified atom stereocenters. The van der Waals surface area contributed by atoms with Crippen molar-refractivity contribution in [1.29, 1.82) is 0 Å². The van der Waals surface area contributed by atoms with Crippen LogP contribution in [-0.4, -0.2) is 36.4 Å². The minimum absolute atomic E-state index is 0.105. The summed E-state index contributed by atoms with van der Waals surface area (Å²) in [6.07, 6.45) is 96.8. The SMILES string of the molecule is CC/C=C\C/C=C\C/C=C\C/C=C\C/C=C\C/C=C\C/C=C\C/C=C\C/C=C\C/C=C\C/C=C\C/C=C\CCCCC(=O)OC(CO)COC(=O)CCCCCCCC/C=C\C/C=C\C/C=C\C/C=C\CC. The number of rotatable bonds is 48. The van der Waals surface area contributed by atoms with E-state index in [1.165, 1.54) is 19.3 Å². The zero-order chi connectivity index (χ0) is 52.0. The molecule has 0 aliphatic carbocycles. The van der Waals surface area contributed by atoms with Crippen molar-refractivity contribution in [2.45, 2.75) is 200 Å². The molecule has 72 heavy (non-hydrogen) atoms. The molecule has 1 N–H and O–H groups in total. The second-order valence-corrected chi connectivity index (χ2v) is 17.5. The predicted octanol–water partition coefficient (Wildman–Crippen LogP) is 19.3. The molecule has 0 saturated carbocycles. The lowest BCUT2D eigenvalue weighted by Gasteiger charge is -2.15. The number of hydrogen-bond acceptors (Lipinski definition) is 5. The van der Waals surface area contributed by atoms with Gasteiger partial charge in [-0.05, 0) is 141 Å². The third kappa shape index (κ3) is 57.3. The quantitative estimate of drug-likeness (QED) is 0.0374. The standard InChI is InChI=1S/C67H100O5/c1-3-5-7-9-11-13-15-17-19-21-23-24-25-26-27-28-29-30-31-32-33-34-35-36-37-38-39-40-41-42-44-46-48-50-52-54-56-58-60-62-67(70)72-65(63-68)64-71-66(69)61-59-57-55-53-51-49-47-45-43-22-20-18-16-14-12-10-8-6-4-2/h5-8,11-14,17-20,23-24,26-27,29-30,32-33,35-36,38-39,41-43,45-46,48,52,54,65,68H,3-4,9-10,15-16,21-22,25,28,31,34,37,40,44,47,49-51,53,55-64H2,1-2H3/b7-5-,8-6-,13-11-,14-12-,19-17-,20-18-,24-23-,27-26-,30-29-,33-32-,36-35-,39-38-,42-41-,45-43-,48-46-,54-52-. The minimum Gasteiger partial charge on any atom is -0.462 e. The third-order valence-electron chi connectivity index (χ3n) is 10.9. The Morgan fingerprint density at radius 3 is 0.861 bits per heavy atom. The molecule has 0 fully saturated rings. The van der Waals surface area contributed by atoms with Crippen molar-refractivity contribution in [2.24, 2.45) is 0 Å². The first-order valence-electron chi connectivity index (χ1n) is 28.0. The molecule has 0 aliphatic heterocycles. The summed E-state index contributed by atoms with van der Waals surface area (Å²) >= 11 is 0. The first kappa shape index (κ1) is 66.7. The summed E-state index contributed by atoms with van der Waals surface area (Å²) in [5, 5.41) is 9.63. The molecule has 0 bridgehead atoms. The molecule has 1 atom stereocenters. The van der Waals surface area contributed by atoms with Gasteiger partial charge in [0.1, 0.15) is 6.61 Å². The van der Waals surface area contributed by atoms with Crippen LogP contribution in [0.4, 0.5) is 0 Å². The molecule has 0 aromatic heterocycles. The van der Waals surface area contributed by atoms with Crippen LogP contribution < -0.4 is 0 Å². The first-order valence-corrected chi connectivity index (χ1v) is 28.0. The second kappa shape index (κ2) is 60.0. The Kier molecular flexibility index (Phi) is 55.7. The van der Waals surface area contributed by atoms with Crippen LogP contribution >= 0.6 is 0 Å². The van der Waals surface area contributed by atoms with E-state index < -0.39 is 6.10 Å². The van der Waals surface area contributed by atoms with Gasteiger partial charge in [0.05, 0.1) is 6.61 Å². The molecule has 0 radical (unpaired) electrons. The number of ether oxygens (including phenoxy) is 2. The van der Waals surface area contributed by atoms with E-state index in [2.05, 4.69) is 208 Å². The molecule has 0 heterocycles. The van der Waals surface area contributed by atoms with Gasteiger partial charge in [-0.25, -0.2) is 0 Å². The number of aliphatic hydroxyl groups is 1. The average molecular weight is 986 g/mol. The Morgan fingerprint density at radius 2 is 0.556 bits per heavy atom. The molecule has 0 saturated heterocycles. The maximum absolute atomic E-state index is 12.3. The van der Waals surface area contributed by atoms with E-state index in [0.717, 1.165) is 141 Å². The molecule has 0 spiro atoms. The lowest BCUT2D eigenvalue weighted by Crippen LogP contribution is -2.28. The van der Waals surface area contributed by atoms with Crippen LogP contribution in [0.5, 0.6) is 0 Å². The number of carbonyl (C=O) groups excluding carboxylic acids is 2. The molecular weight excluding hydrogens is 885 g/mol. The van der Waals surface area contributed by atoms with Crippen LogP contribution in [-0.2, 0) is 19.1 Å². The molecule has 5 nitrogen and oxygen atoms in total. The highest BCUT2D eigenvalue weighted by Gasteiger charge is 2.16. The van der Waals surface area contributed by atoms with Crippen LogP contribution in [0.2, 0.25) is 0 Å². The molecular formula is C67H100O5. The summed E-state index contributed by atoms with van der Waals surface area (Å²) < 4.78 is 10.6. The molecule has 0 aromatic rings. The van der Waals surface area contributed by atoms with Crippen molar-refractivity contribution in [3.63, 3.8) is 0 Å². The zero-order valence-corrected chi connectivity index (χ0v) is 45.3. The Labute approximate surface area is 441 Å². The van der Waals surface area contributed by atoms with E-state index >= 15 is 0 Å². The Balaban J connectivity index is 3.74. The lowest BCUT2D eigenvalue weighted by atomic mass is 10.1. The summed E-state index contributed by atoms with van der Waals surface area (Å²) in [6.45, 7) is 3.84. The van der Waals surface area contributed by atoms with Crippen LogP contribution in [0.25, 0.3) is 0 Å². The summed E-state index contributed by atoms with van der Waals surface area (Å²) in [4.78, 5) is 24.5. The van der Waals surface area contributed by atoms with Gasteiger partial charge in [-0.1, -0.05) is 234 Å². The van der Waals surface area contributed by atoms with Crippen molar-refractivity contribution < 1.29 is 24.2 Å². The summed E-state index contributed by atoms with van der Waals surface area (Å²) in [5.41, 5.74) is 0. The monoisotopic (exact) mass is 985 g/mol. The molecule has 0 amide bonds. The van der Waals surface area contributed by atoms with Gasteiger partial charge in [-0.15, -0.1) is 0 Å². The number of allylic oxidation sites excluding steroid dienone is 32. The highest BCUT2D eigenvalue weighted by Crippen LogP contribution is 2.11. The van der Waals surface area contributed by atoms with Crippen molar-refractivity contribution in [3.05, 3.63) is 194 Å². The van der Waals surface area contributed by atoms with Gasteiger partial charge in [-0.3, -0.25) is 9.59 Å². The van der Waals surface area contributed by atoms with E-state index in [4.69, 9.17) is 9.47 Å². The second-order valence-electron chi connectivity index (χ2n) is 17.5. The smallest absolute Gasteiger partial charge is 0.306 e. The Hall–Kier alpha value is -5.26. The maximum atomic E-state index is 12.3. The predicted molar refractivity (Wildman–Crippen MR) is 315 cm³/mol. The van der Waals surface area contributed by atoms with Crippen LogP contribution in [0.15, 0.2) is 194 Å². The summed E-state index contributed by atoms with van der Waals surface area (Å²) in [5.74, 6) is -0.676. The van der Waals surface area contributed by atoms with E-state index in [0.29, 0.717) is 12.8 Å². The van der Waals surface area contributed by atoms with Crippen LogP contribution in [0, 0.1) is 0 Å². The van der Waals surface area contributed by atoms with Crippen molar-refractivity contribution >= 4 is 11.9 Å². The Morgan fingerprint density at radius 1 is 0.319 bits per heavy atom. The number of unbranched alkanes of at least 4 members (excludes halogenated alkanes) is 8. The van der Waals surface area contributed by atoms with E-state index in [-0.39, 0.29) is 31.6 Å². The zero-order valence-electron chi connectivity index (χ0n) is 45.3. The third-order valence-corrected chi connectivity index (χ3v) is 10.9. The fourth-order valence-corrected chi connectivity index (χ4v) is 6.76. The number of hydrogen-bond donors (Lipinski definition) is 1. The number of esters is 2. The largest absolute Gasteiger partial charge is 0.462 e. The maximum Gasteiger partial charge on any atom is 0.306 e. The van der Waals surface area contributed by atoms with Gasteiger partial charge >= 0.3 is 11.9 Å². The lowest BCUT2D eigenvalue weighted by molar-refractivity contribution is -0.161. The fourth-order valence-electron chi connectivity index (χ4n) is 6.76. The average Bonchev–Trinajstić information content (AvgIpc) is 3.38. The normalized spacial score (nSPS) is 13.8.